The highest BCUT2D eigenvalue weighted by molar-refractivity contribution is 9.11. The zero-order valence-corrected chi connectivity index (χ0v) is 13.4. The number of rotatable bonds is 2. The Morgan fingerprint density at radius 1 is 1.50 bits per heavy atom. The van der Waals surface area contributed by atoms with E-state index in [-0.39, 0.29) is 18.2 Å². The van der Waals surface area contributed by atoms with Crippen molar-refractivity contribution < 1.29 is 13.2 Å². The second kappa shape index (κ2) is 5.03. The lowest BCUT2D eigenvalue weighted by Crippen LogP contribution is -2.43. The summed E-state index contributed by atoms with van der Waals surface area (Å²) in [5, 5.41) is 0. The van der Waals surface area contributed by atoms with Gasteiger partial charge in [-0.05, 0) is 28.9 Å². The minimum absolute atomic E-state index is 0.143. The van der Waals surface area contributed by atoms with E-state index in [9.17, 15) is 13.2 Å². The summed E-state index contributed by atoms with van der Waals surface area (Å²) < 4.78 is 27.2. The topological polar surface area (TPSA) is 54.5 Å². The highest BCUT2D eigenvalue weighted by Crippen LogP contribution is 2.32. The summed E-state index contributed by atoms with van der Waals surface area (Å²) in [7, 11) is -3.47. The average Bonchev–Trinajstić information content (AvgIpc) is 2.62. The van der Waals surface area contributed by atoms with Crippen LogP contribution in [0, 0.1) is 12.8 Å². The summed E-state index contributed by atoms with van der Waals surface area (Å²) in [6, 6.07) is 1.64. The molecular formula is C11H14BrNO3S2. The SMILES string of the molecule is Cc1sc(Br)cc1S(=O)(=O)N1CCC(=O)C(C)C1. The number of carbonyl (C=O) groups is 1. The molecule has 0 N–H and O–H groups in total. The molecule has 7 heteroatoms. The van der Waals surface area contributed by atoms with Gasteiger partial charge in [0.2, 0.25) is 10.0 Å². The maximum Gasteiger partial charge on any atom is 0.244 e. The molecule has 1 aromatic heterocycles. The van der Waals surface area contributed by atoms with Crippen molar-refractivity contribution in [2.45, 2.75) is 25.2 Å². The van der Waals surface area contributed by atoms with Crippen LogP contribution in [0.3, 0.4) is 0 Å². The van der Waals surface area contributed by atoms with Crippen molar-refractivity contribution in [3.05, 3.63) is 14.7 Å². The second-order valence-electron chi connectivity index (χ2n) is 4.45. The number of carbonyl (C=O) groups excluding carboxylic acids is 1. The molecule has 1 aromatic rings. The fraction of sp³-hybridized carbons (Fsp3) is 0.545. The van der Waals surface area contributed by atoms with Crippen LogP contribution < -0.4 is 0 Å². The number of sulfonamides is 1. The molecule has 1 fully saturated rings. The number of piperidine rings is 1. The highest BCUT2D eigenvalue weighted by Gasteiger charge is 2.33. The Balaban J connectivity index is 2.32. The molecule has 0 aromatic carbocycles. The van der Waals surface area contributed by atoms with Crippen LogP contribution in [-0.4, -0.2) is 31.6 Å². The standard InChI is InChI=1S/C11H14BrNO3S2/c1-7-6-13(4-3-9(7)14)18(15,16)10-5-11(12)17-8(10)2/h5,7H,3-4,6H2,1-2H3. The van der Waals surface area contributed by atoms with Crippen LogP contribution >= 0.6 is 27.3 Å². The molecule has 0 spiro atoms. The maximum absolute atomic E-state index is 12.5. The van der Waals surface area contributed by atoms with E-state index in [0.29, 0.717) is 17.9 Å². The molecule has 0 amide bonds. The number of hydrogen-bond donors (Lipinski definition) is 0. The van der Waals surface area contributed by atoms with E-state index in [0.717, 1.165) is 8.66 Å². The fourth-order valence-electron chi connectivity index (χ4n) is 2.02. The van der Waals surface area contributed by atoms with E-state index in [1.54, 1.807) is 19.9 Å². The van der Waals surface area contributed by atoms with E-state index in [2.05, 4.69) is 15.9 Å². The molecule has 1 aliphatic rings. The van der Waals surface area contributed by atoms with Crippen molar-refractivity contribution in [3.8, 4) is 0 Å². The lowest BCUT2D eigenvalue weighted by atomic mass is 10.0. The molecule has 0 saturated carbocycles. The number of ketones is 1. The van der Waals surface area contributed by atoms with Gasteiger partial charge in [0, 0.05) is 30.3 Å². The predicted octanol–water partition coefficient (Wildman–Crippen LogP) is 2.42. The lowest BCUT2D eigenvalue weighted by Gasteiger charge is -2.29. The summed E-state index contributed by atoms with van der Waals surface area (Å²) in [6.07, 6.45) is 0.310. The molecule has 1 saturated heterocycles. The Labute approximate surface area is 119 Å². The number of nitrogens with zero attached hydrogens (tertiary/aromatic N) is 1. The summed E-state index contributed by atoms with van der Waals surface area (Å²) >= 11 is 4.71. The molecule has 0 bridgehead atoms. The molecular weight excluding hydrogens is 338 g/mol. The van der Waals surface area contributed by atoms with E-state index in [1.807, 2.05) is 0 Å². The van der Waals surface area contributed by atoms with Crippen LogP contribution in [0.15, 0.2) is 14.7 Å². The molecule has 0 aliphatic carbocycles. The predicted molar refractivity (Wildman–Crippen MR) is 74.3 cm³/mol. The van der Waals surface area contributed by atoms with Crippen molar-refractivity contribution in [2.75, 3.05) is 13.1 Å². The number of halogens is 1. The number of thiophene rings is 1. The summed E-state index contributed by atoms with van der Waals surface area (Å²) in [4.78, 5) is 12.6. The van der Waals surface area contributed by atoms with Gasteiger partial charge in [0.1, 0.15) is 5.78 Å². The van der Waals surface area contributed by atoms with Gasteiger partial charge in [-0.15, -0.1) is 11.3 Å². The zero-order valence-electron chi connectivity index (χ0n) is 10.1. The molecule has 18 heavy (non-hydrogen) atoms. The smallest absolute Gasteiger partial charge is 0.244 e. The first kappa shape index (κ1) is 14.2. The Morgan fingerprint density at radius 3 is 2.67 bits per heavy atom. The monoisotopic (exact) mass is 351 g/mol. The molecule has 1 unspecified atom stereocenters. The maximum atomic E-state index is 12.5. The van der Waals surface area contributed by atoms with E-state index >= 15 is 0 Å². The largest absolute Gasteiger partial charge is 0.299 e. The first-order chi connectivity index (χ1) is 8.32. The molecule has 0 radical (unpaired) electrons. The van der Waals surface area contributed by atoms with Gasteiger partial charge < -0.3 is 0 Å². The molecule has 1 atom stereocenters. The Hall–Kier alpha value is -0.240. The first-order valence-corrected chi connectivity index (χ1v) is 8.66. The third-order valence-electron chi connectivity index (χ3n) is 3.09. The second-order valence-corrected chi connectivity index (χ2v) is 8.99. The summed E-state index contributed by atoms with van der Waals surface area (Å²) in [5.74, 6) is -0.0689. The van der Waals surface area contributed by atoms with Crippen LogP contribution in [0.2, 0.25) is 0 Å². The van der Waals surface area contributed by atoms with Crippen molar-refractivity contribution >= 4 is 43.1 Å². The Bertz CT molecular complexity index is 579. The van der Waals surface area contributed by atoms with Crippen molar-refractivity contribution in [3.63, 3.8) is 0 Å². The summed E-state index contributed by atoms with van der Waals surface area (Å²) in [5.41, 5.74) is 0. The van der Waals surface area contributed by atoms with Gasteiger partial charge in [-0.3, -0.25) is 4.79 Å². The fourth-order valence-corrected chi connectivity index (χ4v) is 5.94. The van der Waals surface area contributed by atoms with Crippen molar-refractivity contribution in [1.29, 1.82) is 0 Å². The number of hydrogen-bond acceptors (Lipinski definition) is 4. The van der Waals surface area contributed by atoms with E-state index < -0.39 is 10.0 Å². The molecule has 4 nitrogen and oxygen atoms in total. The van der Waals surface area contributed by atoms with Gasteiger partial charge in [-0.1, -0.05) is 6.92 Å². The normalized spacial score (nSPS) is 22.4. The van der Waals surface area contributed by atoms with Gasteiger partial charge in [0.05, 0.1) is 8.68 Å². The van der Waals surface area contributed by atoms with Crippen LogP contribution in [0.25, 0.3) is 0 Å². The summed E-state index contributed by atoms with van der Waals surface area (Å²) in [6.45, 7) is 4.15. The van der Waals surface area contributed by atoms with Crippen molar-refractivity contribution in [2.24, 2.45) is 5.92 Å². The van der Waals surface area contributed by atoms with E-state index in [1.165, 1.54) is 15.6 Å². The van der Waals surface area contributed by atoms with Gasteiger partial charge >= 0.3 is 0 Å². The Morgan fingerprint density at radius 2 is 2.17 bits per heavy atom. The van der Waals surface area contributed by atoms with Gasteiger partial charge in [0.15, 0.2) is 0 Å². The zero-order chi connectivity index (χ0) is 13.5. The van der Waals surface area contributed by atoms with Crippen LogP contribution in [0.4, 0.5) is 0 Å². The van der Waals surface area contributed by atoms with E-state index in [4.69, 9.17) is 0 Å². The van der Waals surface area contributed by atoms with Gasteiger partial charge in [-0.2, -0.15) is 4.31 Å². The van der Waals surface area contributed by atoms with Crippen molar-refractivity contribution in [1.82, 2.24) is 4.31 Å². The third-order valence-corrected chi connectivity index (χ3v) is 6.77. The molecule has 2 heterocycles. The van der Waals surface area contributed by atoms with Crippen LogP contribution in [0.1, 0.15) is 18.2 Å². The third kappa shape index (κ3) is 2.54. The highest BCUT2D eigenvalue weighted by atomic mass is 79.9. The molecule has 1 aliphatic heterocycles. The minimum atomic E-state index is -3.47. The van der Waals surface area contributed by atoms with Gasteiger partial charge in [0.25, 0.3) is 0 Å². The molecule has 100 valence electrons. The first-order valence-electron chi connectivity index (χ1n) is 5.61. The Kier molecular flexibility index (Phi) is 3.96. The number of Topliss-reactive ketones (excluding diaryl/α,β-unsaturated/α-hetero) is 1. The van der Waals surface area contributed by atoms with Crippen LogP contribution in [-0.2, 0) is 14.8 Å². The van der Waals surface area contributed by atoms with Crippen LogP contribution in [0.5, 0.6) is 0 Å². The number of aryl methyl sites for hydroxylation is 1. The van der Waals surface area contributed by atoms with Gasteiger partial charge in [-0.25, -0.2) is 8.42 Å². The minimum Gasteiger partial charge on any atom is -0.299 e. The average molecular weight is 352 g/mol. The lowest BCUT2D eigenvalue weighted by molar-refractivity contribution is -0.124. The quantitative estimate of drug-likeness (QED) is 0.821. The molecule has 2 rings (SSSR count).